The van der Waals surface area contributed by atoms with Crippen LogP contribution in [0.15, 0.2) is 42.5 Å². The highest BCUT2D eigenvalue weighted by molar-refractivity contribution is 6.31. The number of aromatic nitrogens is 2. The molecule has 0 aliphatic heterocycles. The van der Waals surface area contributed by atoms with E-state index in [1.165, 1.54) is 5.56 Å². The van der Waals surface area contributed by atoms with E-state index in [0.717, 1.165) is 48.6 Å². The molecule has 3 rings (SSSR count). The van der Waals surface area contributed by atoms with Gasteiger partial charge in [0.05, 0.1) is 11.0 Å². The summed E-state index contributed by atoms with van der Waals surface area (Å²) >= 11 is 6.13. The topological polar surface area (TPSA) is 27.1 Å². The first-order valence-electron chi connectivity index (χ1n) is 7.99. The zero-order valence-corrected chi connectivity index (χ0v) is 14.3. The zero-order valence-electron chi connectivity index (χ0n) is 13.6. The van der Waals surface area contributed by atoms with Gasteiger partial charge in [0.1, 0.15) is 5.82 Å². The molecule has 23 heavy (non-hydrogen) atoms. The maximum Gasteiger partial charge on any atom is 0.141 e. The van der Waals surface area contributed by atoms with Crippen LogP contribution in [0.3, 0.4) is 0 Å². The largest absolute Gasteiger partial charge is 0.382 e. The quantitative estimate of drug-likeness (QED) is 0.589. The molecule has 1 heterocycles. The standard InChI is InChI=1S/C19H21ClN2O/c1-3-23-11-5-10-22-18-9-8-16(20)13-17(18)21-19(22)15-7-4-6-14(2)12-15/h4,6-9,12-13H,3,5,10-11H2,1-2H3. The van der Waals surface area contributed by atoms with Crippen molar-refractivity contribution in [2.75, 3.05) is 13.2 Å². The number of hydrogen-bond acceptors (Lipinski definition) is 2. The molecule has 0 N–H and O–H groups in total. The van der Waals surface area contributed by atoms with Gasteiger partial charge in [-0.15, -0.1) is 0 Å². The first-order valence-corrected chi connectivity index (χ1v) is 8.37. The lowest BCUT2D eigenvalue weighted by molar-refractivity contribution is 0.142. The normalized spacial score (nSPS) is 11.3. The summed E-state index contributed by atoms with van der Waals surface area (Å²) in [5.41, 5.74) is 4.41. The van der Waals surface area contributed by atoms with E-state index in [1.54, 1.807) is 0 Å². The average molecular weight is 329 g/mol. The Kier molecular flexibility index (Phi) is 4.99. The second-order valence-corrected chi connectivity index (χ2v) is 6.08. The number of benzene rings is 2. The third kappa shape index (κ3) is 3.57. The van der Waals surface area contributed by atoms with Gasteiger partial charge in [0.2, 0.25) is 0 Å². The van der Waals surface area contributed by atoms with Crippen molar-refractivity contribution in [3.05, 3.63) is 53.1 Å². The minimum atomic E-state index is 0.715. The first-order chi connectivity index (χ1) is 11.2. The van der Waals surface area contributed by atoms with Crippen LogP contribution in [0.1, 0.15) is 18.9 Å². The Morgan fingerprint density at radius 2 is 2.04 bits per heavy atom. The minimum Gasteiger partial charge on any atom is -0.382 e. The molecule has 0 radical (unpaired) electrons. The molecule has 0 saturated heterocycles. The van der Waals surface area contributed by atoms with Crippen molar-refractivity contribution >= 4 is 22.6 Å². The van der Waals surface area contributed by atoms with Gasteiger partial charge in [-0.2, -0.15) is 0 Å². The molecule has 0 spiro atoms. The smallest absolute Gasteiger partial charge is 0.141 e. The number of hydrogen-bond donors (Lipinski definition) is 0. The predicted molar refractivity (Wildman–Crippen MR) is 96.0 cm³/mol. The maximum atomic E-state index is 6.13. The monoisotopic (exact) mass is 328 g/mol. The summed E-state index contributed by atoms with van der Waals surface area (Å²) in [5.74, 6) is 0.988. The van der Waals surface area contributed by atoms with Crippen LogP contribution < -0.4 is 0 Å². The molecular formula is C19H21ClN2O. The lowest BCUT2D eigenvalue weighted by Crippen LogP contribution is -2.04. The lowest BCUT2D eigenvalue weighted by Gasteiger charge is -2.10. The fraction of sp³-hybridized carbons (Fsp3) is 0.316. The summed E-state index contributed by atoms with van der Waals surface area (Å²) < 4.78 is 7.74. The lowest BCUT2D eigenvalue weighted by atomic mass is 10.1. The fourth-order valence-corrected chi connectivity index (χ4v) is 2.97. The highest BCUT2D eigenvalue weighted by atomic mass is 35.5. The highest BCUT2D eigenvalue weighted by Gasteiger charge is 2.13. The summed E-state index contributed by atoms with van der Waals surface area (Å²) in [5, 5.41) is 0.715. The highest BCUT2D eigenvalue weighted by Crippen LogP contribution is 2.27. The van der Waals surface area contributed by atoms with Gasteiger partial charge in [-0.25, -0.2) is 4.98 Å². The van der Waals surface area contributed by atoms with Crippen molar-refractivity contribution in [3.8, 4) is 11.4 Å². The molecule has 3 nitrogen and oxygen atoms in total. The molecule has 0 saturated carbocycles. The molecule has 1 aromatic heterocycles. The van der Waals surface area contributed by atoms with E-state index < -0.39 is 0 Å². The van der Waals surface area contributed by atoms with E-state index in [4.69, 9.17) is 21.3 Å². The van der Waals surface area contributed by atoms with Crippen molar-refractivity contribution in [2.45, 2.75) is 26.8 Å². The maximum absolute atomic E-state index is 6.13. The summed E-state index contributed by atoms with van der Waals surface area (Å²) in [4.78, 5) is 4.82. The van der Waals surface area contributed by atoms with Crippen LogP contribution in [0.5, 0.6) is 0 Å². The molecule has 0 fully saturated rings. The number of nitrogens with zero attached hydrogens (tertiary/aromatic N) is 2. The van der Waals surface area contributed by atoms with Gasteiger partial charge in [-0.3, -0.25) is 0 Å². The molecular weight excluding hydrogens is 308 g/mol. The van der Waals surface area contributed by atoms with Crippen molar-refractivity contribution in [3.63, 3.8) is 0 Å². The van der Waals surface area contributed by atoms with Crippen LogP contribution in [-0.4, -0.2) is 22.8 Å². The van der Waals surface area contributed by atoms with Gasteiger partial charge in [-0.05, 0) is 44.5 Å². The van der Waals surface area contributed by atoms with E-state index in [1.807, 2.05) is 25.1 Å². The Morgan fingerprint density at radius 1 is 1.17 bits per heavy atom. The molecule has 0 aliphatic rings. The van der Waals surface area contributed by atoms with E-state index in [-0.39, 0.29) is 0 Å². The fourth-order valence-electron chi connectivity index (χ4n) is 2.80. The number of fused-ring (bicyclic) bond motifs is 1. The molecule has 0 atom stereocenters. The summed E-state index contributed by atoms with van der Waals surface area (Å²) in [6.07, 6.45) is 0.959. The number of ether oxygens (including phenoxy) is 1. The Hall–Kier alpha value is -1.84. The van der Waals surface area contributed by atoms with E-state index >= 15 is 0 Å². The molecule has 0 bridgehead atoms. The van der Waals surface area contributed by atoms with Crippen LogP contribution in [0.4, 0.5) is 0 Å². The Bertz CT molecular complexity index is 810. The Morgan fingerprint density at radius 3 is 2.83 bits per heavy atom. The van der Waals surface area contributed by atoms with Gasteiger partial charge >= 0.3 is 0 Å². The number of rotatable bonds is 6. The number of aryl methyl sites for hydroxylation is 2. The van der Waals surface area contributed by atoms with Gasteiger partial charge in [0, 0.05) is 30.3 Å². The SMILES string of the molecule is CCOCCCn1c(-c2cccc(C)c2)nc2cc(Cl)ccc21. The Balaban J connectivity index is 2.04. The van der Waals surface area contributed by atoms with Crippen molar-refractivity contribution in [1.82, 2.24) is 9.55 Å². The van der Waals surface area contributed by atoms with Crippen LogP contribution in [-0.2, 0) is 11.3 Å². The van der Waals surface area contributed by atoms with Gasteiger partial charge in [-0.1, -0.05) is 35.4 Å². The summed E-state index contributed by atoms with van der Waals surface area (Å²) in [6.45, 7) is 6.51. The summed E-state index contributed by atoms with van der Waals surface area (Å²) in [6, 6.07) is 14.3. The van der Waals surface area contributed by atoms with Gasteiger partial charge < -0.3 is 9.30 Å². The van der Waals surface area contributed by atoms with E-state index in [0.29, 0.717) is 5.02 Å². The third-order valence-electron chi connectivity index (χ3n) is 3.86. The molecule has 2 aromatic carbocycles. The van der Waals surface area contributed by atoms with Crippen molar-refractivity contribution in [1.29, 1.82) is 0 Å². The number of imidazole rings is 1. The second kappa shape index (κ2) is 7.16. The summed E-state index contributed by atoms with van der Waals surface area (Å²) in [7, 11) is 0. The van der Waals surface area contributed by atoms with Crippen LogP contribution in [0, 0.1) is 6.92 Å². The Labute approximate surface area is 141 Å². The average Bonchev–Trinajstić information content (AvgIpc) is 2.89. The van der Waals surface area contributed by atoms with Crippen molar-refractivity contribution < 1.29 is 4.74 Å². The zero-order chi connectivity index (χ0) is 16.2. The molecule has 0 aliphatic carbocycles. The van der Waals surface area contributed by atoms with Crippen LogP contribution in [0.2, 0.25) is 5.02 Å². The predicted octanol–water partition coefficient (Wildman–Crippen LogP) is 5.09. The van der Waals surface area contributed by atoms with Crippen LogP contribution >= 0.6 is 11.6 Å². The molecule has 120 valence electrons. The van der Waals surface area contributed by atoms with Crippen molar-refractivity contribution in [2.24, 2.45) is 0 Å². The molecule has 0 amide bonds. The molecule has 3 aromatic rings. The first kappa shape index (κ1) is 16.0. The number of halogens is 1. The van der Waals surface area contributed by atoms with Crippen LogP contribution in [0.25, 0.3) is 22.4 Å². The molecule has 0 unspecified atom stereocenters. The third-order valence-corrected chi connectivity index (χ3v) is 4.10. The van der Waals surface area contributed by atoms with Gasteiger partial charge in [0.25, 0.3) is 0 Å². The van der Waals surface area contributed by atoms with E-state index in [9.17, 15) is 0 Å². The van der Waals surface area contributed by atoms with Gasteiger partial charge in [0.15, 0.2) is 0 Å². The van der Waals surface area contributed by atoms with E-state index in [2.05, 4.69) is 35.8 Å². The minimum absolute atomic E-state index is 0.715. The second-order valence-electron chi connectivity index (χ2n) is 5.64. The molecule has 4 heteroatoms.